The van der Waals surface area contributed by atoms with Gasteiger partial charge in [-0.3, -0.25) is 0 Å². The van der Waals surface area contributed by atoms with Crippen LogP contribution in [-0.4, -0.2) is 22.0 Å². The summed E-state index contributed by atoms with van der Waals surface area (Å²) >= 11 is 5.86. The molecule has 5 heteroatoms. The van der Waals surface area contributed by atoms with E-state index in [0.717, 1.165) is 24.6 Å². The molecule has 0 spiro atoms. The summed E-state index contributed by atoms with van der Waals surface area (Å²) in [4.78, 5) is 11.3. The van der Waals surface area contributed by atoms with Gasteiger partial charge in [0.15, 0.2) is 5.25 Å². The fourth-order valence-corrected chi connectivity index (χ4v) is 1.52. The Balaban J connectivity index is 3.94. The summed E-state index contributed by atoms with van der Waals surface area (Å²) in [7, 11) is 0. The van der Waals surface area contributed by atoms with Crippen LogP contribution in [0.1, 0.15) is 26.7 Å². The molecule has 0 aromatic heterocycles. The number of esters is 1. The van der Waals surface area contributed by atoms with Gasteiger partial charge in [0.2, 0.25) is 0 Å². The molecule has 0 radical (unpaired) electrons. The number of rotatable bonds is 5. The molecule has 0 fully saturated rings. The van der Waals surface area contributed by atoms with E-state index in [4.69, 9.17) is 22.2 Å². The molecule has 78 valence electrons. The molecule has 0 aromatic carbocycles. The number of hydrogen-bond acceptors (Lipinski definition) is 5. The van der Waals surface area contributed by atoms with E-state index in [1.54, 1.807) is 6.92 Å². The summed E-state index contributed by atoms with van der Waals surface area (Å²) in [5, 5.41) is 7.86. The molecule has 14 heavy (non-hydrogen) atoms. The Hall–Kier alpha value is -0.600. The van der Waals surface area contributed by atoms with Crippen LogP contribution in [0.2, 0.25) is 0 Å². The van der Waals surface area contributed by atoms with Gasteiger partial charge in [-0.15, -0.1) is 0 Å². The van der Waals surface area contributed by atoms with Gasteiger partial charge in [0.1, 0.15) is 0 Å². The average molecular weight is 231 g/mol. The van der Waals surface area contributed by atoms with Crippen molar-refractivity contribution < 1.29 is 9.53 Å². The highest BCUT2D eigenvalue weighted by molar-refractivity contribution is 8.23. The first-order valence-corrected chi connectivity index (χ1v) is 5.64. The fourth-order valence-electron chi connectivity index (χ4n) is 0.686. The minimum atomic E-state index is -0.815. The lowest BCUT2D eigenvalue weighted by molar-refractivity contribution is -0.141. The van der Waals surface area contributed by atoms with Gasteiger partial charge in [0, 0.05) is 4.20 Å². The summed E-state index contributed by atoms with van der Waals surface area (Å²) in [6.45, 7) is 4.07. The first-order valence-electron chi connectivity index (χ1n) is 4.35. The second-order valence-corrected chi connectivity index (χ2v) is 4.83. The maximum Gasteiger partial charge on any atom is 0.334 e. The van der Waals surface area contributed by atoms with E-state index >= 15 is 0 Å². The zero-order chi connectivity index (χ0) is 11.0. The zero-order valence-electron chi connectivity index (χ0n) is 8.28. The van der Waals surface area contributed by atoms with Gasteiger partial charge in [0.05, 0.1) is 12.7 Å². The number of carbonyl (C=O) groups excluding carboxylic acids is 1. The lowest BCUT2D eigenvalue weighted by atomic mass is 10.4. The molecular formula is C9H13NO2S2. The summed E-state index contributed by atoms with van der Waals surface area (Å²) in [6, 6.07) is 1.86. The molecular weight excluding hydrogens is 218 g/mol. The summed E-state index contributed by atoms with van der Waals surface area (Å²) < 4.78 is 5.47. The van der Waals surface area contributed by atoms with Crippen LogP contribution in [0.4, 0.5) is 0 Å². The van der Waals surface area contributed by atoms with Crippen LogP contribution in [0.25, 0.3) is 0 Å². The monoisotopic (exact) mass is 231 g/mol. The Morgan fingerprint density at radius 2 is 2.36 bits per heavy atom. The SMILES string of the molecule is CCCCOC(=O)C(C#N)SC(C)=S. The summed E-state index contributed by atoms with van der Waals surface area (Å²) in [6.07, 6.45) is 1.79. The molecule has 0 aliphatic heterocycles. The van der Waals surface area contributed by atoms with E-state index in [0.29, 0.717) is 10.8 Å². The summed E-state index contributed by atoms with van der Waals surface area (Å²) in [5.74, 6) is -0.491. The third kappa shape index (κ3) is 5.95. The van der Waals surface area contributed by atoms with Crippen molar-refractivity contribution in [3.8, 4) is 6.07 Å². The fraction of sp³-hybridized carbons (Fsp3) is 0.667. The predicted octanol–water partition coefficient (Wildman–Crippen LogP) is 2.30. The average Bonchev–Trinajstić information content (AvgIpc) is 2.14. The third-order valence-electron chi connectivity index (χ3n) is 1.36. The number of thioether (sulfide) groups is 1. The predicted molar refractivity (Wildman–Crippen MR) is 61.1 cm³/mol. The highest BCUT2D eigenvalue weighted by Gasteiger charge is 2.20. The number of carbonyl (C=O) groups is 1. The molecule has 0 aliphatic carbocycles. The van der Waals surface area contributed by atoms with Crippen molar-refractivity contribution in [1.29, 1.82) is 5.26 Å². The van der Waals surface area contributed by atoms with Crippen molar-refractivity contribution in [3.05, 3.63) is 0 Å². The van der Waals surface area contributed by atoms with E-state index in [9.17, 15) is 4.79 Å². The third-order valence-corrected chi connectivity index (χ3v) is 2.51. The van der Waals surface area contributed by atoms with Gasteiger partial charge < -0.3 is 4.74 Å². The van der Waals surface area contributed by atoms with Crippen LogP contribution in [0, 0.1) is 11.3 Å². The maximum atomic E-state index is 11.3. The highest BCUT2D eigenvalue weighted by Crippen LogP contribution is 2.14. The van der Waals surface area contributed by atoms with Crippen molar-refractivity contribution >= 4 is 34.1 Å². The van der Waals surface area contributed by atoms with Crippen LogP contribution >= 0.6 is 24.0 Å². The van der Waals surface area contributed by atoms with Crippen molar-refractivity contribution in [1.82, 2.24) is 0 Å². The van der Waals surface area contributed by atoms with Gasteiger partial charge in [-0.05, 0) is 13.3 Å². The number of ether oxygens (including phenoxy) is 1. The number of hydrogen-bond donors (Lipinski definition) is 0. The Morgan fingerprint density at radius 3 is 2.79 bits per heavy atom. The van der Waals surface area contributed by atoms with E-state index < -0.39 is 11.2 Å². The van der Waals surface area contributed by atoms with E-state index in [1.165, 1.54) is 0 Å². The molecule has 0 saturated carbocycles. The normalized spacial score (nSPS) is 11.5. The first kappa shape index (κ1) is 13.4. The molecule has 1 atom stereocenters. The Morgan fingerprint density at radius 1 is 1.71 bits per heavy atom. The zero-order valence-corrected chi connectivity index (χ0v) is 9.91. The Kier molecular flexibility index (Phi) is 7.44. The molecule has 0 heterocycles. The van der Waals surface area contributed by atoms with Gasteiger partial charge in [-0.1, -0.05) is 37.3 Å². The lowest BCUT2D eigenvalue weighted by Crippen LogP contribution is -2.20. The molecule has 0 rings (SSSR count). The van der Waals surface area contributed by atoms with Crippen LogP contribution in [0.15, 0.2) is 0 Å². The van der Waals surface area contributed by atoms with Crippen LogP contribution in [0.5, 0.6) is 0 Å². The molecule has 1 unspecified atom stereocenters. The highest BCUT2D eigenvalue weighted by atomic mass is 32.2. The maximum absolute atomic E-state index is 11.3. The quantitative estimate of drug-likeness (QED) is 0.413. The number of unbranched alkanes of at least 4 members (excludes halogenated alkanes) is 1. The molecule has 0 N–H and O–H groups in total. The topological polar surface area (TPSA) is 50.1 Å². The van der Waals surface area contributed by atoms with E-state index in [1.807, 2.05) is 13.0 Å². The number of thiocarbonyl (C=S) groups is 1. The van der Waals surface area contributed by atoms with Crippen molar-refractivity contribution in [2.75, 3.05) is 6.61 Å². The second-order valence-electron chi connectivity index (χ2n) is 2.64. The standard InChI is InChI=1S/C9H13NO2S2/c1-3-4-5-12-9(11)8(6-10)14-7(2)13/h8H,3-5H2,1-2H3. The molecule has 0 bridgehead atoms. The molecule has 0 amide bonds. The van der Waals surface area contributed by atoms with Crippen molar-refractivity contribution in [2.45, 2.75) is 31.9 Å². The lowest BCUT2D eigenvalue weighted by Gasteiger charge is -2.07. The van der Waals surface area contributed by atoms with E-state index in [-0.39, 0.29) is 0 Å². The minimum absolute atomic E-state index is 0.380. The second kappa shape index (κ2) is 7.77. The Bertz CT molecular complexity index is 248. The summed E-state index contributed by atoms with van der Waals surface area (Å²) in [5.41, 5.74) is 0. The van der Waals surface area contributed by atoms with Crippen LogP contribution < -0.4 is 0 Å². The molecule has 0 saturated heterocycles. The van der Waals surface area contributed by atoms with Crippen LogP contribution in [0.3, 0.4) is 0 Å². The first-order chi connectivity index (χ1) is 6.61. The smallest absolute Gasteiger partial charge is 0.334 e. The van der Waals surface area contributed by atoms with Crippen molar-refractivity contribution in [2.24, 2.45) is 0 Å². The van der Waals surface area contributed by atoms with Crippen LogP contribution in [-0.2, 0) is 9.53 Å². The molecule has 3 nitrogen and oxygen atoms in total. The largest absolute Gasteiger partial charge is 0.464 e. The van der Waals surface area contributed by atoms with E-state index in [2.05, 4.69) is 0 Å². The molecule has 0 aliphatic rings. The van der Waals surface area contributed by atoms with Crippen molar-refractivity contribution in [3.63, 3.8) is 0 Å². The molecule has 0 aromatic rings. The minimum Gasteiger partial charge on any atom is -0.464 e. The number of nitrogens with zero attached hydrogens (tertiary/aromatic N) is 1. The van der Waals surface area contributed by atoms with Gasteiger partial charge in [-0.25, -0.2) is 4.79 Å². The number of nitriles is 1. The van der Waals surface area contributed by atoms with Gasteiger partial charge in [0.25, 0.3) is 0 Å². The Labute approximate surface area is 93.8 Å². The van der Waals surface area contributed by atoms with Gasteiger partial charge >= 0.3 is 5.97 Å². The van der Waals surface area contributed by atoms with Gasteiger partial charge in [-0.2, -0.15) is 5.26 Å².